The van der Waals surface area contributed by atoms with Gasteiger partial charge < -0.3 is 11.1 Å². The summed E-state index contributed by atoms with van der Waals surface area (Å²) in [4.78, 5) is 4.21. The largest absolute Gasteiger partial charge is 0.398 e. The molecule has 0 aliphatic rings. The van der Waals surface area contributed by atoms with Crippen LogP contribution in [-0.4, -0.2) is 11.0 Å². The highest BCUT2D eigenvalue weighted by Crippen LogP contribution is 2.28. The first kappa shape index (κ1) is 14.6. The van der Waals surface area contributed by atoms with Gasteiger partial charge in [-0.05, 0) is 37.5 Å². The zero-order chi connectivity index (χ0) is 14.5. The normalized spacial score (nSPS) is 12.8. The van der Waals surface area contributed by atoms with Gasteiger partial charge in [0.15, 0.2) is 0 Å². The Bertz CT molecular complexity index is 563. The Balaban J connectivity index is 2.08. The van der Waals surface area contributed by atoms with Crippen molar-refractivity contribution in [2.24, 2.45) is 5.92 Å². The first-order chi connectivity index (χ1) is 9.58. The van der Waals surface area contributed by atoms with Crippen LogP contribution < -0.4 is 11.1 Å². The highest BCUT2D eigenvalue weighted by Gasteiger charge is 2.07. The Hall–Kier alpha value is -1.77. The van der Waals surface area contributed by atoms with Crippen LogP contribution in [0.1, 0.15) is 40.0 Å². The van der Waals surface area contributed by atoms with Crippen LogP contribution in [0.15, 0.2) is 30.6 Å². The van der Waals surface area contributed by atoms with Gasteiger partial charge in [-0.1, -0.05) is 26.7 Å². The molecule has 0 amide bonds. The minimum atomic E-state index is 0.459. The van der Waals surface area contributed by atoms with E-state index in [0.29, 0.717) is 6.04 Å². The predicted molar refractivity (Wildman–Crippen MR) is 87.9 cm³/mol. The number of fused-ring (bicyclic) bond motifs is 1. The van der Waals surface area contributed by atoms with Gasteiger partial charge in [-0.3, -0.25) is 4.98 Å². The van der Waals surface area contributed by atoms with Crippen molar-refractivity contribution < 1.29 is 0 Å². The molecule has 1 aromatic carbocycles. The first-order valence-electron chi connectivity index (χ1n) is 7.46. The van der Waals surface area contributed by atoms with Crippen molar-refractivity contribution in [1.82, 2.24) is 4.98 Å². The summed E-state index contributed by atoms with van der Waals surface area (Å²) in [5, 5.41) is 5.76. The van der Waals surface area contributed by atoms with Gasteiger partial charge in [-0.25, -0.2) is 0 Å². The number of rotatable bonds is 6. The highest BCUT2D eigenvalue weighted by molar-refractivity contribution is 6.00. The third-order valence-electron chi connectivity index (χ3n) is 3.67. The molecule has 2 rings (SSSR count). The maximum absolute atomic E-state index is 6.01. The molecule has 0 aliphatic carbocycles. The van der Waals surface area contributed by atoms with E-state index < -0.39 is 0 Å². The van der Waals surface area contributed by atoms with Crippen molar-refractivity contribution >= 4 is 22.1 Å². The van der Waals surface area contributed by atoms with E-state index in [1.54, 1.807) is 6.20 Å². The monoisotopic (exact) mass is 271 g/mol. The van der Waals surface area contributed by atoms with Gasteiger partial charge in [0.05, 0.1) is 0 Å². The average molecular weight is 271 g/mol. The summed E-state index contributed by atoms with van der Waals surface area (Å²) in [6.07, 6.45) is 7.40. The number of aromatic nitrogens is 1. The topological polar surface area (TPSA) is 50.9 Å². The molecule has 0 bridgehead atoms. The van der Waals surface area contributed by atoms with Crippen LogP contribution in [0.2, 0.25) is 0 Å². The van der Waals surface area contributed by atoms with Crippen LogP contribution in [0.5, 0.6) is 0 Å². The van der Waals surface area contributed by atoms with E-state index in [-0.39, 0.29) is 0 Å². The summed E-state index contributed by atoms with van der Waals surface area (Å²) in [7, 11) is 0. The molecule has 2 aromatic rings. The zero-order valence-corrected chi connectivity index (χ0v) is 12.7. The number of hydrogen-bond acceptors (Lipinski definition) is 3. The third-order valence-corrected chi connectivity index (χ3v) is 3.67. The SMILES string of the molecule is CC(C)CCCC(C)Nc1ccc(N)c2ccncc12. The van der Waals surface area contributed by atoms with Crippen molar-refractivity contribution in [1.29, 1.82) is 0 Å². The van der Waals surface area contributed by atoms with Crippen LogP contribution in [0, 0.1) is 5.92 Å². The van der Waals surface area contributed by atoms with Crippen molar-refractivity contribution in [3.8, 4) is 0 Å². The predicted octanol–water partition coefficient (Wildman–Crippen LogP) is 4.44. The molecule has 108 valence electrons. The molecular weight excluding hydrogens is 246 g/mol. The van der Waals surface area contributed by atoms with Crippen LogP contribution in [0.4, 0.5) is 11.4 Å². The van der Waals surface area contributed by atoms with Crippen molar-refractivity contribution in [3.63, 3.8) is 0 Å². The van der Waals surface area contributed by atoms with Crippen molar-refractivity contribution in [2.75, 3.05) is 11.1 Å². The molecule has 1 heterocycles. The lowest BCUT2D eigenvalue weighted by atomic mass is 10.0. The fraction of sp³-hybridized carbons (Fsp3) is 0.471. The summed E-state index contributed by atoms with van der Waals surface area (Å²) in [6, 6.07) is 6.45. The summed E-state index contributed by atoms with van der Waals surface area (Å²) in [5.74, 6) is 0.781. The summed E-state index contributed by atoms with van der Waals surface area (Å²) < 4.78 is 0. The Morgan fingerprint density at radius 1 is 1.10 bits per heavy atom. The Morgan fingerprint density at radius 3 is 2.65 bits per heavy atom. The molecule has 3 N–H and O–H groups in total. The molecule has 3 nitrogen and oxygen atoms in total. The Morgan fingerprint density at radius 2 is 1.90 bits per heavy atom. The smallest absolute Gasteiger partial charge is 0.0439 e. The minimum absolute atomic E-state index is 0.459. The van der Waals surface area contributed by atoms with Gasteiger partial charge in [-0.2, -0.15) is 0 Å². The molecule has 1 aromatic heterocycles. The number of nitrogens with two attached hydrogens (primary N) is 1. The van der Waals surface area contributed by atoms with Crippen molar-refractivity contribution in [2.45, 2.75) is 46.1 Å². The minimum Gasteiger partial charge on any atom is -0.398 e. The number of nitrogen functional groups attached to an aromatic ring is 1. The van der Waals surface area contributed by atoms with E-state index in [1.807, 2.05) is 18.3 Å². The second-order valence-corrected chi connectivity index (χ2v) is 5.99. The molecule has 0 radical (unpaired) electrons. The molecule has 1 atom stereocenters. The lowest BCUT2D eigenvalue weighted by Gasteiger charge is -2.18. The van der Waals surface area contributed by atoms with Crippen LogP contribution >= 0.6 is 0 Å². The van der Waals surface area contributed by atoms with E-state index in [0.717, 1.165) is 28.1 Å². The molecule has 20 heavy (non-hydrogen) atoms. The fourth-order valence-corrected chi connectivity index (χ4v) is 2.51. The third kappa shape index (κ3) is 3.62. The zero-order valence-electron chi connectivity index (χ0n) is 12.7. The Labute approximate surface area is 121 Å². The van der Waals surface area contributed by atoms with Gasteiger partial charge in [0.25, 0.3) is 0 Å². The number of hydrogen-bond donors (Lipinski definition) is 2. The van der Waals surface area contributed by atoms with E-state index in [1.165, 1.54) is 19.3 Å². The number of benzene rings is 1. The van der Waals surface area contributed by atoms with E-state index >= 15 is 0 Å². The number of pyridine rings is 1. The van der Waals surface area contributed by atoms with E-state index in [9.17, 15) is 0 Å². The molecule has 0 fully saturated rings. The number of nitrogens with zero attached hydrogens (tertiary/aromatic N) is 1. The molecule has 0 spiro atoms. The molecule has 0 aliphatic heterocycles. The number of anilines is 2. The summed E-state index contributed by atoms with van der Waals surface area (Å²) in [6.45, 7) is 6.79. The van der Waals surface area contributed by atoms with Gasteiger partial charge in [-0.15, -0.1) is 0 Å². The van der Waals surface area contributed by atoms with Crippen molar-refractivity contribution in [3.05, 3.63) is 30.6 Å². The quantitative estimate of drug-likeness (QED) is 0.763. The summed E-state index contributed by atoms with van der Waals surface area (Å²) >= 11 is 0. The fourth-order valence-electron chi connectivity index (χ4n) is 2.51. The number of nitrogens with one attached hydrogen (secondary N) is 1. The van der Waals surface area contributed by atoms with E-state index in [4.69, 9.17) is 5.73 Å². The van der Waals surface area contributed by atoms with Crippen LogP contribution in [0.3, 0.4) is 0 Å². The van der Waals surface area contributed by atoms with Crippen LogP contribution in [-0.2, 0) is 0 Å². The van der Waals surface area contributed by atoms with Gasteiger partial charge >= 0.3 is 0 Å². The molecule has 0 saturated heterocycles. The van der Waals surface area contributed by atoms with E-state index in [2.05, 4.69) is 37.1 Å². The second-order valence-electron chi connectivity index (χ2n) is 5.99. The Kier molecular flexibility index (Phi) is 4.83. The van der Waals surface area contributed by atoms with Gasteiger partial charge in [0.2, 0.25) is 0 Å². The first-order valence-corrected chi connectivity index (χ1v) is 7.46. The average Bonchev–Trinajstić information content (AvgIpc) is 2.42. The molecule has 1 unspecified atom stereocenters. The maximum atomic E-state index is 6.01. The molecular formula is C17H25N3. The van der Waals surface area contributed by atoms with Crippen LogP contribution in [0.25, 0.3) is 10.8 Å². The maximum Gasteiger partial charge on any atom is 0.0439 e. The second kappa shape index (κ2) is 6.60. The van der Waals surface area contributed by atoms with Gasteiger partial charge in [0.1, 0.15) is 0 Å². The molecule has 3 heteroatoms. The lowest BCUT2D eigenvalue weighted by molar-refractivity contribution is 0.520. The molecule has 0 saturated carbocycles. The van der Waals surface area contributed by atoms with Gasteiger partial charge in [0, 0.05) is 40.6 Å². The summed E-state index contributed by atoms with van der Waals surface area (Å²) in [5.41, 5.74) is 7.94. The standard InChI is InChI=1S/C17H25N3/c1-12(2)5-4-6-13(3)20-17-8-7-16(18)14-9-10-19-11-15(14)17/h7-13,20H,4-6,18H2,1-3H3. The highest BCUT2D eigenvalue weighted by atomic mass is 14.9. The lowest BCUT2D eigenvalue weighted by Crippen LogP contribution is -2.15.